The van der Waals surface area contributed by atoms with E-state index in [1.807, 2.05) is 13.8 Å². The van der Waals surface area contributed by atoms with Gasteiger partial charge in [0, 0.05) is 17.4 Å². The van der Waals surface area contributed by atoms with Gasteiger partial charge in [0.15, 0.2) is 6.61 Å². The predicted molar refractivity (Wildman–Crippen MR) is 142 cm³/mol. The highest BCUT2D eigenvalue weighted by Gasteiger charge is 2.77. The molecule has 6 rings (SSSR count). The van der Waals surface area contributed by atoms with E-state index in [0.717, 1.165) is 49.8 Å². The second kappa shape index (κ2) is 8.56. The number of hydrogen-bond acceptors (Lipinski definition) is 7. The van der Waals surface area contributed by atoms with Crippen LogP contribution in [-0.2, 0) is 19.1 Å². The number of cyclic esters (lactones) is 1. The third-order valence-electron chi connectivity index (χ3n) is 12.3. The first kappa shape index (κ1) is 26.3. The maximum atomic E-state index is 12.5. The van der Waals surface area contributed by atoms with E-state index in [1.165, 1.54) is 0 Å². The zero-order chi connectivity index (χ0) is 27.3. The number of carbonyl (C=O) groups is 1. The van der Waals surface area contributed by atoms with Crippen LogP contribution in [0, 0.1) is 46.8 Å². The Morgan fingerprint density at radius 1 is 1.21 bits per heavy atom. The lowest BCUT2D eigenvalue weighted by atomic mass is 9.42. The van der Waals surface area contributed by atoms with Crippen molar-refractivity contribution in [3.8, 4) is 12.3 Å². The summed E-state index contributed by atoms with van der Waals surface area (Å²) in [6.07, 6.45) is 11.4. The highest BCUT2D eigenvalue weighted by molar-refractivity contribution is 5.92. The zero-order valence-electron chi connectivity index (χ0n) is 23.5. The number of carbonyl (C=O) groups excluding carboxylic acids is 1. The Labute approximate surface area is 226 Å². The smallest absolute Gasteiger partial charge is 0.334 e. The molecular formula is C31H43NO6. The van der Waals surface area contributed by atoms with Gasteiger partial charge in [0.1, 0.15) is 23.4 Å². The van der Waals surface area contributed by atoms with E-state index in [0.29, 0.717) is 24.3 Å². The molecule has 0 unspecified atom stereocenters. The lowest BCUT2D eigenvalue weighted by Crippen LogP contribution is -2.68. The molecule has 0 aromatic heterocycles. The molecular weight excluding hydrogens is 482 g/mol. The Bertz CT molecular complexity index is 1140. The van der Waals surface area contributed by atoms with Crippen molar-refractivity contribution in [3.63, 3.8) is 0 Å². The molecule has 38 heavy (non-hydrogen) atoms. The van der Waals surface area contributed by atoms with Gasteiger partial charge < -0.3 is 24.5 Å². The van der Waals surface area contributed by atoms with E-state index in [2.05, 4.69) is 24.9 Å². The molecule has 0 aromatic carbocycles. The van der Waals surface area contributed by atoms with Crippen LogP contribution in [0.3, 0.4) is 0 Å². The zero-order valence-corrected chi connectivity index (χ0v) is 23.5. The largest absolute Gasteiger partial charge is 0.456 e. The van der Waals surface area contributed by atoms with Gasteiger partial charge in [-0.3, -0.25) is 0 Å². The van der Waals surface area contributed by atoms with Crippen LogP contribution in [0.5, 0.6) is 0 Å². The Morgan fingerprint density at radius 3 is 2.68 bits per heavy atom. The average Bonchev–Trinajstić information content (AvgIpc) is 3.59. The summed E-state index contributed by atoms with van der Waals surface area (Å²) < 4.78 is 12.2. The first-order valence-electron chi connectivity index (χ1n) is 14.5. The molecule has 208 valence electrons. The highest BCUT2D eigenvalue weighted by Crippen LogP contribution is 2.72. The molecule has 0 spiro atoms. The molecule has 5 fully saturated rings. The number of epoxide rings is 1. The number of fused-ring (bicyclic) bond motifs is 8. The number of oxime groups is 1. The van der Waals surface area contributed by atoms with Gasteiger partial charge in [0.25, 0.3) is 0 Å². The summed E-state index contributed by atoms with van der Waals surface area (Å²) in [4.78, 5) is 18.0. The van der Waals surface area contributed by atoms with E-state index in [9.17, 15) is 15.0 Å². The van der Waals surface area contributed by atoms with Crippen molar-refractivity contribution in [2.24, 2.45) is 39.7 Å². The van der Waals surface area contributed by atoms with Crippen LogP contribution in [0.1, 0.15) is 86.0 Å². The van der Waals surface area contributed by atoms with E-state index >= 15 is 0 Å². The van der Waals surface area contributed by atoms with Crippen molar-refractivity contribution in [2.45, 2.75) is 115 Å². The van der Waals surface area contributed by atoms with E-state index < -0.39 is 22.7 Å². The summed E-state index contributed by atoms with van der Waals surface area (Å²) >= 11 is 0. The van der Waals surface area contributed by atoms with Gasteiger partial charge in [-0.1, -0.05) is 30.5 Å². The Hall–Kier alpha value is -1.88. The minimum Gasteiger partial charge on any atom is -0.456 e. The molecule has 6 aliphatic rings. The van der Waals surface area contributed by atoms with Crippen molar-refractivity contribution >= 4 is 11.7 Å². The standard InChI is InChI=1S/C31H43NO6/c1-7-15-36-32-22-9-8-13-31(35)26-25(38-26)24-19-10-11-21(28(19,4)14-12-20(24)29(22,31)5)30(6,34)23-16-17(2)18(3)27(33)37-23/h1,19-21,23-26,34-35H,8-16H2,2-6H3/b32-22+/t19-,20-,21-,23+,24-,25-,26-,28-,29-,30+,31-/m0/s1. The van der Waals surface area contributed by atoms with Crippen LogP contribution in [0.25, 0.3) is 0 Å². The minimum absolute atomic E-state index is 0.00854. The Morgan fingerprint density at radius 2 is 1.97 bits per heavy atom. The molecule has 0 aromatic rings. The van der Waals surface area contributed by atoms with Crippen molar-refractivity contribution in [3.05, 3.63) is 11.1 Å². The van der Waals surface area contributed by atoms with Crippen LogP contribution in [0.2, 0.25) is 0 Å². The summed E-state index contributed by atoms with van der Waals surface area (Å²) in [6.45, 7) is 10.3. The number of nitrogens with zero attached hydrogens (tertiary/aromatic N) is 1. The molecule has 4 aliphatic carbocycles. The van der Waals surface area contributed by atoms with Crippen molar-refractivity contribution in [1.29, 1.82) is 0 Å². The molecule has 2 N–H and O–H groups in total. The Balaban J connectivity index is 1.32. The quantitative estimate of drug-likeness (QED) is 0.188. The van der Waals surface area contributed by atoms with Crippen LogP contribution in [-0.4, -0.2) is 58.0 Å². The van der Waals surface area contributed by atoms with Gasteiger partial charge in [-0.15, -0.1) is 6.42 Å². The van der Waals surface area contributed by atoms with Crippen molar-refractivity contribution in [2.75, 3.05) is 6.61 Å². The molecule has 0 amide bonds. The molecule has 0 bridgehead atoms. The van der Waals surface area contributed by atoms with Gasteiger partial charge in [0.2, 0.25) is 0 Å². The molecule has 0 radical (unpaired) electrons. The first-order chi connectivity index (χ1) is 17.9. The topological polar surface area (TPSA) is 101 Å². The third kappa shape index (κ3) is 3.32. The number of rotatable bonds is 4. The van der Waals surface area contributed by atoms with Crippen LogP contribution >= 0.6 is 0 Å². The number of ether oxygens (including phenoxy) is 2. The number of esters is 1. The lowest BCUT2D eigenvalue weighted by molar-refractivity contribution is -0.188. The third-order valence-corrected chi connectivity index (χ3v) is 12.3. The summed E-state index contributed by atoms with van der Waals surface area (Å²) in [7, 11) is 0. The SMILES string of the molecule is C#CCO/N=C1\CCC[C@]2(O)[C@H]3O[C@H]3[C@H]3[C@@H]4CC[C@H]([C@@](C)(O)[C@H]5CC(C)=C(C)C(=O)O5)[C@@]4(C)CC[C@@H]3[C@@]12C. The fraction of sp³-hybridized carbons (Fsp3) is 0.806. The molecule has 7 heteroatoms. The highest BCUT2D eigenvalue weighted by atomic mass is 16.6. The lowest BCUT2D eigenvalue weighted by Gasteiger charge is -2.62. The molecule has 7 nitrogen and oxygen atoms in total. The van der Waals surface area contributed by atoms with Crippen molar-refractivity contribution < 1.29 is 29.3 Å². The van der Waals surface area contributed by atoms with E-state index in [4.69, 9.17) is 20.7 Å². The predicted octanol–water partition coefficient (Wildman–Crippen LogP) is 4.16. The van der Waals surface area contributed by atoms with E-state index in [1.54, 1.807) is 6.92 Å². The summed E-state index contributed by atoms with van der Waals surface area (Å²) in [5, 5.41) is 28.7. The molecule has 1 saturated heterocycles. The van der Waals surface area contributed by atoms with Gasteiger partial charge in [-0.25, -0.2) is 4.79 Å². The summed E-state index contributed by atoms with van der Waals surface area (Å²) in [5.41, 5.74) is -0.161. The second-order valence-electron chi connectivity index (χ2n) is 13.7. The summed E-state index contributed by atoms with van der Waals surface area (Å²) in [6, 6.07) is 0. The average molecular weight is 526 g/mol. The fourth-order valence-electron chi connectivity index (χ4n) is 10.1. The van der Waals surface area contributed by atoms with Crippen LogP contribution in [0.15, 0.2) is 16.3 Å². The van der Waals surface area contributed by atoms with Gasteiger partial charge in [-0.05, 0) is 94.8 Å². The molecule has 4 saturated carbocycles. The van der Waals surface area contributed by atoms with Crippen molar-refractivity contribution in [1.82, 2.24) is 0 Å². The van der Waals surface area contributed by atoms with Crippen LogP contribution < -0.4 is 0 Å². The number of terminal acetylenes is 1. The normalized spacial score (nSPS) is 50.1. The molecule has 2 aliphatic heterocycles. The monoisotopic (exact) mass is 525 g/mol. The van der Waals surface area contributed by atoms with Gasteiger partial charge >= 0.3 is 5.97 Å². The first-order valence-corrected chi connectivity index (χ1v) is 14.5. The maximum Gasteiger partial charge on any atom is 0.334 e. The second-order valence-corrected chi connectivity index (χ2v) is 13.7. The van der Waals surface area contributed by atoms with E-state index in [-0.39, 0.29) is 48.0 Å². The minimum atomic E-state index is -1.13. The maximum absolute atomic E-state index is 12.5. The van der Waals surface area contributed by atoms with Crippen LogP contribution in [0.4, 0.5) is 0 Å². The number of hydrogen-bond donors (Lipinski definition) is 2. The summed E-state index contributed by atoms with van der Waals surface area (Å²) in [5.74, 6) is 3.03. The van der Waals surface area contributed by atoms with Gasteiger partial charge in [-0.2, -0.15) is 0 Å². The Kier molecular flexibility index (Phi) is 5.93. The number of aliphatic hydroxyl groups is 2. The fourth-order valence-corrected chi connectivity index (χ4v) is 10.1. The molecule has 11 atom stereocenters. The molecule has 2 heterocycles. The van der Waals surface area contributed by atoms with Gasteiger partial charge in [0.05, 0.1) is 11.8 Å².